The van der Waals surface area contributed by atoms with Crippen LogP contribution in [0, 0.1) is 11.3 Å². The number of aromatic nitrogens is 4. The topological polar surface area (TPSA) is 69.6 Å². The minimum Gasteiger partial charge on any atom is -0.399 e. The number of nitrogens with zero attached hydrogens (tertiary/aromatic N) is 4. The molecule has 0 saturated heterocycles. The first-order valence-electron chi connectivity index (χ1n) is 6.60. The number of hydrogen-bond acceptors (Lipinski definition) is 4. The van der Waals surface area contributed by atoms with Gasteiger partial charge in [0, 0.05) is 17.8 Å². The summed E-state index contributed by atoms with van der Waals surface area (Å²) in [7, 11) is 0. The lowest BCUT2D eigenvalue weighted by atomic mass is 9.82. The predicted octanol–water partition coefficient (Wildman–Crippen LogP) is 3.26. The standard InChI is InChI=1S/C14H20ClN5/c1-9(14(2,3)4)8-20-13(17-18-19-20)11-6-5-10(16)7-12(11)15/h5-7,9H,8,16H2,1-4H3. The molecule has 1 unspecified atom stereocenters. The van der Waals surface area contributed by atoms with E-state index in [2.05, 4.69) is 43.2 Å². The third-order valence-corrected chi connectivity index (χ3v) is 4.00. The zero-order valence-electron chi connectivity index (χ0n) is 12.3. The van der Waals surface area contributed by atoms with Gasteiger partial charge in [-0.25, -0.2) is 4.68 Å². The normalized spacial score (nSPS) is 13.4. The number of benzene rings is 1. The fourth-order valence-corrected chi connectivity index (χ4v) is 2.04. The number of nitrogens with two attached hydrogens (primary N) is 1. The van der Waals surface area contributed by atoms with E-state index in [1.165, 1.54) is 0 Å². The Hall–Kier alpha value is -1.62. The molecule has 2 N–H and O–H groups in total. The first-order valence-corrected chi connectivity index (χ1v) is 6.98. The van der Waals surface area contributed by atoms with Gasteiger partial charge in [0.1, 0.15) is 0 Å². The first-order chi connectivity index (χ1) is 9.29. The molecule has 1 atom stereocenters. The van der Waals surface area contributed by atoms with Crippen LogP contribution in [-0.2, 0) is 6.54 Å². The van der Waals surface area contributed by atoms with Crippen LogP contribution in [0.1, 0.15) is 27.7 Å². The molecule has 0 bridgehead atoms. The van der Waals surface area contributed by atoms with E-state index < -0.39 is 0 Å². The van der Waals surface area contributed by atoms with E-state index in [0.717, 1.165) is 12.1 Å². The van der Waals surface area contributed by atoms with Crippen LogP contribution in [-0.4, -0.2) is 20.2 Å². The van der Waals surface area contributed by atoms with E-state index in [-0.39, 0.29) is 5.41 Å². The van der Waals surface area contributed by atoms with Gasteiger partial charge in [-0.3, -0.25) is 0 Å². The number of anilines is 1. The molecule has 0 aliphatic heterocycles. The second-order valence-electron chi connectivity index (χ2n) is 6.19. The SMILES string of the molecule is CC(Cn1nnnc1-c1ccc(N)cc1Cl)C(C)(C)C. The molecule has 1 aromatic heterocycles. The second-order valence-corrected chi connectivity index (χ2v) is 6.60. The van der Waals surface area contributed by atoms with Crippen molar-refractivity contribution in [3.8, 4) is 11.4 Å². The van der Waals surface area contributed by atoms with Crippen molar-refractivity contribution in [3.63, 3.8) is 0 Å². The van der Waals surface area contributed by atoms with Crippen LogP contribution in [0.3, 0.4) is 0 Å². The lowest BCUT2D eigenvalue weighted by molar-refractivity contribution is 0.225. The molecule has 2 aromatic rings. The molecular weight excluding hydrogens is 274 g/mol. The fourth-order valence-electron chi connectivity index (χ4n) is 1.77. The molecule has 0 fully saturated rings. The molecule has 0 radical (unpaired) electrons. The maximum Gasteiger partial charge on any atom is 0.183 e. The Bertz CT molecular complexity index is 600. The molecule has 0 spiro atoms. The van der Waals surface area contributed by atoms with E-state index in [1.54, 1.807) is 16.8 Å². The van der Waals surface area contributed by atoms with Crippen molar-refractivity contribution < 1.29 is 0 Å². The molecule has 108 valence electrons. The van der Waals surface area contributed by atoms with Crippen molar-refractivity contribution in [1.29, 1.82) is 0 Å². The Morgan fingerprint density at radius 1 is 1.35 bits per heavy atom. The van der Waals surface area contributed by atoms with Gasteiger partial charge in [0.2, 0.25) is 0 Å². The lowest BCUT2D eigenvalue weighted by Crippen LogP contribution is -2.23. The van der Waals surface area contributed by atoms with Crippen molar-refractivity contribution in [3.05, 3.63) is 23.2 Å². The van der Waals surface area contributed by atoms with Gasteiger partial charge in [0.05, 0.1) is 5.02 Å². The summed E-state index contributed by atoms with van der Waals surface area (Å²) in [6.45, 7) is 9.55. The van der Waals surface area contributed by atoms with Crippen LogP contribution in [0.2, 0.25) is 5.02 Å². The quantitative estimate of drug-likeness (QED) is 0.882. The number of tetrazole rings is 1. The number of rotatable bonds is 3. The third kappa shape index (κ3) is 3.10. The second kappa shape index (κ2) is 5.40. The van der Waals surface area contributed by atoms with E-state index in [4.69, 9.17) is 17.3 Å². The van der Waals surface area contributed by atoms with E-state index >= 15 is 0 Å². The molecule has 0 saturated carbocycles. The molecule has 0 aliphatic carbocycles. The minimum atomic E-state index is 0.189. The van der Waals surface area contributed by atoms with Crippen LogP contribution in [0.25, 0.3) is 11.4 Å². The van der Waals surface area contributed by atoms with Crippen LogP contribution < -0.4 is 5.73 Å². The first kappa shape index (κ1) is 14.8. The van der Waals surface area contributed by atoms with E-state index in [9.17, 15) is 0 Å². The monoisotopic (exact) mass is 293 g/mol. The molecule has 20 heavy (non-hydrogen) atoms. The van der Waals surface area contributed by atoms with E-state index in [0.29, 0.717) is 22.5 Å². The van der Waals surface area contributed by atoms with Crippen LogP contribution in [0.5, 0.6) is 0 Å². The molecule has 1 aromatic carbocycles. The van der Waals surface area contributed by atoms with Gasteiger partial charge in [-0.1, -0.05) is 39.3 Å². The highest BCUT2D eigenvalue weighted by Gasteiger charge is 2.23. The molecule has 0 aliphatic rings. The zero-order chi connectivity index (χ0) is 14.9. The third-order valence-electron chi connectivity index (χ3n) is 3.69. The van der Waals surface area contributed by atoms with Crippen molar-refractivity contribution in [2.75, 3.05) is 5.73 Å². The summed E-state index contributed by atoms with van der Waals surface area (Å²) in [5.74, 6) is 1.10. The highest BCUT2D eigenvalue weighted by molar-refractivity contribution is 6.33. The summed E-state index contributed by atoms with van der Waals surface area (Å²) in [5, 5.41) is 12.5. The summed E-state index contributed by atoms with van der Waals surface area (Å²) >= 11 is 6.23. The van der Waals surface area contributed by atoms with Crippen LogP contribution in [0.15, 0.2) is 18.2 Å². The Morgan fingerprint density at radius 3 is 2.65 bits per heavy atom. The molecule has 1 heterocycles. The predicted molar refractivity (Wildman–Crippen MR) is 81.3 cm³/mol. The average molecular weight is 294 g/mol. The van der Waals surface area contributed by atoms with Gasteiger partial charge in [0.15, 0.2) is 5.82 Å². The van der Waals surface area contributed by atoms with Crippen molar-refractivity contribution in [1.82, 2.24) is 20.2 Å². The smallest absolute Gasteiger partial charge is 0.183 e. The van der Waals surface area contributed by atoms with Gasteiger partial charge in [0.25, 0.3) is 0 Å². The molecule has 2 rings (SSSR count). The minimum absolute atomic E-state index is 0.189. The Morgan fingerprint density at radius 2 is 2.05 bits per heavy atom. The summed E-state index contributed by atoms with van der Waals surface area (Å²) in [5.41, 5.74) is 7.33. The Kier molecular flexibility index (Phi) is 3.99. The average Bonchev–Trinajstić information content (AvgIpc) is 2.76. The zero-order valence-corrected chi connectivity index (χ0v) is 13.0. The largest absolute Gasteiger partial charge is 0.399 e. The number of hydrogen-bond donors (Lipinski definition) is 1. The summed E-state index contributed by atoms with van der Waals surface area (Å²) < 4.78 is 1.80. The summed E-state index contributed by atoms with van der Waals surface area (Å²) in [6, 6.07) is 5.36. The maximum absolute atomic E-state index is 6.23. The summed E-state index contributed by atoms with van der Waals surface area (Å²) in [4.78, 5) is 0. The molecular formula is C14H20ClN5. The lowest BCUT2D eigenvalue weighted by Gasteiger charge is -2.27. The van der Waals surface area contributed by atoms with Crippen LogP contribution in [0.4, 0.5) is 5.69 Å². The van der Waals surface area contributed by atoms with Crippen LogP contribution >= 0.6 is 11.6 Å². The maximum atomic E-state index is 6.23. The molecule has 0 amide bonds. The van der Waals surface area contributed by atoms with Gasteiger partial charge in [-0.05, 0) is 40.0 Å². The highest BCUT2D eigenvalue weighted by atomic mass is 35.5. The summed E-state index contributed by atoms with van der Waals surface area (Å²) in [6.07, 6.45) is 0. The van der Waals surface area contributed by atoms with Crippen molar-refractivity contribution >= 4 is 17.3 Å². The van der Waals surface area contributed by atoms with Gasteiger partial charge < -0.3 is 5.73 Å². The van der Waals surface area contributed by atoms with E-state index in [1.807, 2.05) is 6.07 Å². The molecule has 5 nitrogen and oxygen atoms in total. The van der Waals surface area contributed by atoms with Gasteiger partial charge in [-0.15, -0.1) is 5.10 Å². The number of halogens is 1. The fraction of sp³-hybridized carbons (Fsp3) is 0.500. The van der Waals surface area contributed by atoms with Crippen molar-refractivity contribution in [2.45, 2.75) is 34.2 Å². The number of nitrogen functional groups attached to an aromatic ring is 1. The Labute approximate surface area is 124 Å². The van der Waals surface area contributed by atoms with Gasteiger partial charge >= 0.3 is 0 Å². The molecule has 6 heteroatoms. The highest BCUT2D eigenvalue weighted by Crippen LogP contribution is 2.30. The Balaban J connectivity index is 2.33. The van der Waals surface area contributed by atoms with Crippen molar-refractivity contribution in [2.24, 2.45) is 11.3 Å². The van der Waals surface area contributed by atoms with Gasteiger partial charge in [-0.2, -0.15) is 0 Å².